The molecule has 4 rings (SSSR count). The lowest BCUT2D eigenvalue weighted by Gasteiger charge is -2.18. The number of nitrogens with two attached hydrogens (primary N) is 1. The van der Waals surface area contributed by atoms with Crippen LogP contribution in [-0.2, 0) is 4.79 Å². The summed E-state index contributed by atoms with van der Waals surface area (Å²) >= 11 is 0. The minimum absolute atomic E-state index is 0.0915. The number of amides is 2. The van der Waals surface area contributed by atoms with Gasteiger partial charge in [0.05, 0.1) is 5.52 Å². The maximum atomic E-state index is 12.4. The van der Waals surface area contributed by atoms with E-state index >= 15 is 0 Å². The van der Waals surface area contributed by atoms with Crippen molar-refractivity contribution in [2.45, 2.75) is 25.3 Å². The Morgan fingerprint density at radius 2 is 2.12 bits per heavy atom. The zero-order valence-corrected chi connectivity index (χ0v) is 14.1. The maximum Gasteiger partial charge on any atom is 0.272 e. The molecule has 132 valence electrons. The van der Waals surface area contributed by atoms with Crippen LogP contribution in [0, 0.1) is 11.8 Å². The Bertz CT molecular complexity index is 802. The number of aromatic amines is 1. The molecule has 3 unspecified atom stereocenters. The van der Waals surface area contributed by atoms with Crippen molar-refractivity contribution in [1.82, 2.24) is 20.4 Å². The summed E-state index contributed by atoms with van der Waals surface area (Å²) in [7, 11) is 0. The number of nitrogens with zero attached hydrogens (tertiary/aromatic N) is 2. The number of hydrogen-bond donors (Lipinski definition) is 3. The normalized spacial score (nSPS) is 25.3. The first-order valence-electron chi connectivity index (χ1n) is 8.88. The first kappa shape index (κ1) is 16.1. The Kier molecular flexibility index (Phi) is 4.17. The Morgan fingerprint density at radius 1 is 1.28 bits per heavy atom. The summed E-state index contributed by atoms with van der Waals surface area (Å²) in [5.74, 6) is 0.845. The highest BCUT2D eigenvalue weighted by molar-refractivity contribution is 6.04. The molecule has 1 aliphatic carbocycles. The van der Waals surface area contributed by atoms with E-state index in [1.165, 1.54) is 0 Å². The molecule has 7 nitrogen and oxygen atoms in total. The van der Waals surface area contributed by atoms with Gasteiger partial charge in [0.1, 0.15) is 0 Å². The van der Waals surface area contributed by atoms with Gasteiger partial charge in [0.15, 0.2) is 5.69 Å². The van der Waals surface area contributed by atoms with Gasteiger partial charge >= 0.3 is 0 Å². The van der Waals surface area contributed by atoms with E-state index in [4.69, 9.17) is 5.73 Å². The molecular formula is C18H23N5O2. The number of carbonyl (C=O) groups excluding carboxylic acids is 2. The molecule has 1 aromatic carbocycles. The minimum atomic E-state index is -0.259. The SMILES string of the molecule is NC1CCC2CN(C(=O)CCNC(=O)c3n[nH]c4ccccc34)CC12. The number of likely N-dealkylation sites (tertiary alicyclic amines) is 1. The molecule has 2 aliphatic rings. The minimum Gasteiger partial charge on any atom is -0.350 e. The molecule has 2 amide bonds. The van der Waals surface area contributed by atoms with E-state index in [9.17, 15) is 9.59 Å². The Hall–Kier alpha value is -2.41. The van der Waals surface area contributed by atoms with Gasteiger partial charge in [-0.3, -0.25) is 14.7 Å². The molecule has 2 aromatic rings. The number of aromatic nitrogens is 2. The predicted octanol–water partition coefficient (Wildman–Crippen LogP) is 0.879. The lowest BCUT2D eigenvalue weighted by atomic mass is 9.98. The summed E-state index contributed by atoms with van der Waals surface area (Å²) in [5.41, 5.74) is 7.31. The van der Waals surface area contributed by atoms with Gasteiger partial charge in [-0.15, -0.1) is 0 Å². The van der Waals surface area contributed by atoms with E-state index in [0.717, 1.165) is 36.8 Å². The van der Waals surface area contributed by atoms with Gasteiger partial charge in [-0.2, -0.15) is 5.10 Å². The number of fused-ring (bicyclic) bond motifs is 2. The number of para-hydroxylation sites is 1. The second-order valence-corrected chi connectivity index (χ2v) is 7.09. The zero-order valence-electron chi connectivity index (χ0n) is 14.1. The molecule has 3 atom stereocenters. The topological polar surface area (TPSA) is 104 Å². The quantitative estimate of drug-likeness (QED) is 0.768. The third-order valence-electron chi connectivity index (χ3n) is 5.57. The monoisotopic (exact) mass is 341 g/mol. The van der Waals surface area contributed by atoms with Gasteiger partial charge in [-0.25, -0.2) is 0 Å². The molecule has 1 saturated heterocycles. The summed E-state index contributed by atoms with van der Waals surface area (Å²) in [6.45, 7) is 1.90. The number of H-pyrrole nitrogens is 1. The third kappa shape index (κ3) is 3.00. The standard InChI is InChI=1S/C18H23N5O2/c19-14-6-5-11-9-23(10-13(11)14)16(24)7-8-20-18(25)17-12-3-1-2-4-15(12)21-22-17/h1-4,11,13-14H,5-10,19H2,(H,20,25)(H,21,22). The summed E-state index contributed by atoms with van der Waals surface area (Å²) in [5, 5.41) is 10.5. The van der Waals surface area contributed by atoms with Crippen molar-refractivity contribution in [3.63, 3.8) is 0 Å². The van der Waals surface area contributed by atoms with E-state index in [-0.39, 0.29) is 17.9 Å². The van der Waals surface area contributed by atoms with Crippen molar-refractivity contribution in [2.75, 3.05) is 19.6 Å². The summed E-state index contributed by atoms with van der Waals surface area (Å²) < 4.78 is 0. The number of hydrogen-bond acceptors (Lipinski definition) is 4. The van der Waals surface area contributed by atoms with Crippen LogP contribution >= 0.6 is 0 Å². The average molecular weight is 341 g/mol. The predicted molar refractivity (Wildman–Crippen MR) is 93.8 cm³/mol. The summed E-state index contributed by atoms with van der Waals surface area (Å²) in [6.07, 6.45) is 2.51. The second kappa shape index (κ2) is 6.48. The highest BCUT2D eigenvalue weighted by Gasteiger charge is 2.42. The zero-order chi connectivity index (χ0) is 17.4. The first-order chi connectivity index (χ1) is 12.1. The van der Waals surface area contributed by atoms with E-state index < -0.39 is 0 Å². The van der Waals surface area contributed by atoms with Crippen LogP contribution in [0.5, 0.6) is 0 Å². The van der Waals surface area contributed by atoms with E-state index in [1.807, 2.05) is 29.2 Å². The molecule has 4 N–H and O–H groups in total. The molecule has 25 heavy (non-hydrogen) atoms. The molecule has 0 bridgehead atoms. The van der Waals surface area contributed by atoms with Gasteiger partial charge in [0.2, 0.25) is 5.91 Å². The molecule has 2 heterocycles. The van der Waals surface area contributed by atoms with Crippen molar-refractivity contribution in [3.05, 3.63) is 30.0 Å². The molecule has 0 spiro atoms. The fraction of sp³-hybridized carbons (Fsp3) is 0.500. The van der Waals surface area contributed by atoms with Gasteiger partial charge < -0.3 is 16.0 Å². The number of carbonyl (C=O) groups is 2. The van der Waals surface area contributed by atoms with Crippen molar-refractivity contribution < 1.29 is 9.59 Å². The summed E-state index contributed by atoms with van der Waals surface area (Å²) in [4.78, 5) is 26.6. The van der Waals surface area contributed by atoms with Crippen LogP contribution in [0.2, 0.25) is 0 Å². The Morgan fingerprint density at radius 3 is 2.96 bits per heavy atom. The Balaban J connectivity index is 1.29. The molecular weight excluding hydrogens is 318 g/mol. The van der Waals surface area contributed by atoms with Crippen LogP contribution in [0.25, 0.3) is 10.9 Å². The number of benzene rings is 1. The highest BCUT2D eigenvalue weighted by Crippen LogP contribution is 2.37. The second-order valence-electron chi connectivity index (χ2n) is 7.09. The fourth-order valence-corrected chi connectivity index (χ4v) is 4.17. The van der Waals surface area contributed by atoms with Gasteiger partial charge in [0, 0.05) is 37.5 Å². The van der Waals surface area contributed by atoms with E-state index in [0.29, 0.717) is 30.5 Å². The maximum absolute atomic E-state index is 12.4. The van der Waals surface area contributed by atoms with Crippen LogP contribution in [0.3, 0.4) is 0 Å². The Labute approximate surface area is 145 Å². The molecule has 7 heteroatoms. The third-order valence-corrected chi connectivity index (χ3v) is 5.57. The van der Waals surface area contributed by atoms with Crippen molar-refractivity contribution in [3.8, 4) is 0 Å². The van der Waals surface area contributed by atoms with Gasteiger partial charge in [-0.1, -0.05) is 18.2 Å². The van der Waals surface area contributed by atoms with Crippen LogP contribution < -0.4 is 11.1 Å². The fourth-order valence-electron chi connectivity index (χ4n) is 4.17. The van der Waals surface area contributed by atoms with Crippen LogP contribution in [0.1, 0.15) is 29.8 Å². The van der Waals surface area contributed by atoms with E-state index in [1.54, 1.807) is 0 Å². The average Bonchev–Trinajstić information content (AvgIpc) is 3.30. The van der Waals surface area contributed by atoms with Crippen molar-refractivity contribution in [2.24, 2.45) is 17.6 Å². The molecule has 0 radical (unpaired) electrons. The lowest BCUT2D eigenvalue weighted by molar-refractivity contribution is -0.130. The lowest BCUT2D eigenvalue weighted by Crippen LogP contribution is -2.35. The molecule has 2 fully saturated rings. The smallest absolute Gasteiger partial charge is 0.272 e. The van der Waals surface area contributed by atoms with Crippen LogP contribution in [-0.4, -0.2) is 52.6 Å². The summed E-state index contributed by atoms with van der Waals surface area (Å²) in [6, 6.07) is 7.71. The first-order valence-corrected chi connectivity index (χ1v) is 8.88. The molecule has 1 aromatic heterocycles. The highest BCUT2D eigenvalue weighted by atomic mass is 16.2. The van der Waals surface area contributed by atoms with Crippen LogP contribution in [0.4, 0.5) is 0 Å². The van der Waals surface area contributed by atoms with Crippen LogP contribution in [0.15, 0.2) is 24.3 Å². The number of nitrogens with one attached hydrogen (secondary N) is 2. The number of rotatable bonds is 4. The van der Waals surface area contributed by atoms with Crippen molar-refractivity contribution in [1.29, 1.82) is 0 Å². The van der Waals surface area contributed by atoms with Gasteiger partial charge in [-0.05, 0) is 30.7 Å². The van der Waals surface area contributed by atoms with E-state index in [2.05, 4.69) is 15.5 Å². The molecule has 1 aliphatic heterocycles. The molecule has 1 saturated carbocycles. The van der Waals surface area contributed by atoms with Gasteiger partial charge in [0.25, 0.3) is 5.91 Å². The largest absolute Gasteiger partial charge is 0.350 e. The van der Waals surface area contributed by atoms with Crippen molar-refractivity contribution >= 4 is 22.7 Å².